The van der Waals surface area contributed by atoms with E-state index in [1.165, 1.54) is 0 Å². The molecule has 1 heterocycles. The topological polar surface area (TPSA) is 42.0 Å². The zero-order chi connectivity index (χ0) is 16.6. The van der Waals surface area contributed by atoms with E-state index in [9.17, 15) is 4.79 Å². The van der Waals surface area contributed by atoms with Crippen LogP contribution in [-0.2, 0) is 4.79 Å². The maximum Gasteiger partial charge on any atom is 0.276 e. The molecule has 0 fully saturated rings. The van der Waals surface area contributed by atoms with E-state index >= 15 is 0 Å². The number of alkyl halides is 3. The molecule has 1 N–H and O–H groups in total. The van der Waals surface area contributed by atoms with Crippen LogP contribution in [-0.4, -0.2) is 14.7 Å². The van der Waals surface area contributed by atoms with Crippen molar-refractivity contribution in [1.82, 2.24) is 4.98 Å². The molecule has 8 heteroatoms. The predicted molar refractivity (Wildman–Crippen MR) is 107 cm³/mol. The first-order valence-corrected chi connectivity index (χ1v) is 9.41. The lowest BCUT2D eigenvalue weighted by atomic mass is 10.2. The van der Waals surface area contributed by atoms with Crippen LogP contribution in [0.1, 0.15) is 0 Å². The standard InChI is InChI=1S/C15H8Cl3IN2OS/c16-15(17,18)14(22)21-10-6-5-8(19)7-9(10)13-20-11-3-1-2-4-12(11)23-13/h1-7H,(H,21,22). The number of fused-ring (bicyclic) bond motifs is 1. The number of nitrogens with zero attached hydrogens (tertiary/aromatic N) is 1. The molecule has 0 aliphatic heterocycles. The van der Waals surface area contributed by atoms with E-state index < -0.39 is 9.70 Å². The van der Waals surface area contributed by atoms with Crippen molar-refractivity contribution in [1.29, 1.82) is 0 Å². The predicted octanol–water partition coefficient (Wildman–Crippen LogP) is 5.88. The van der Waals surface area contributed by atoms with E-state index in [2.05, 4.69) is 32.9 Å². The Hall–Kier alpha value is -0.600. The van der Waals surface area contributed by atoms with Gasteiger partial charge in [-0.05, 0) is 52.9 Å². The summed E-state index contributed by atoms with van der Waals surface area (Å²) >= 11 is 20.6. The molecule has 0 unspecified atom stereocenters. The van der Waals surface area contributed by atoms with Crippen molar-refractivity contribution in [2.45, 2.75) is 3.79 Å². The highest BCUT2D eigenvalue weighted by Gasteiger charge is 2.31. The second kappa shape index (κ2) is 6.72. The number of aromatic nitrogens is 1. The highest BCUT2D eigenvalue weighted by Crippen LogP contribution is 2.36. The minimum Gasteiger partial charge on any atom is -0.322 e. The number of anilines is 1. The quantitative estimate of drug-likeness (QED) is 0.355. The fourth-order valence-electron chi connectivity index (χ4n) is 1.98. The third kappa shape index (κ3) is 3.91. The molecule has 0 radical (unpaired) electrons. The Kier molecular flexibility index (Phi) is 5.04. The molecule has 1 aromatic heterocycles. The van der Waals surface area contributed by atoms with Crippen LogP contribution in [0.5, 0.6) is 0 Å². The van der Waals surface area contributed by atoms with Crippen LogP contribution in [0.4, 0.5) is 5.69 Å². The zero-order valence-electron chi connectivity index (χ0n) is 11.3. The van der Waals surface area contributed by atoms with Crippen LogP contribution in [0.15, 0.2) is 42.5 Å². The number of nitrogens with one attached hydrogen (secondary N) is 1. The molecule has 3 nitrogen and oxygen atoms in total. The van der Waals surface area contributed by atoms with Crippen molar-refractivity contribution in [3.05, 3.63) is 46.0 Å². The molecule has 23 heavy (non-hydrogen) atoms. The number of benzene rings is 2. The molecule has 0 aliphatic rings. The Labute approximate surface area is 165 Å². The molecule has 0 saturated carbocycles. The lowest BCUT2D eigenvalue weighted by molar-refractivity contribution is -0.115. The van der Waals surface area contributed by atoms with Crippen molar-refractivity contribution >= 4 is 90.5 Å². The van der Waals surface area contributed by atoms with Crippen molar-refractivity contribution in [2.75, 3.05) is 5.32 Å². The van der Waals surface area contributed by atoms with E-state index in [4.69, 9.17) is 34.8 Å². The fraction of sp³-hybridized carbons (Fsp3) is 0.0667. The van der Waals surface area contributed by atoms with Crippen LogP contribution in [0.2, 0.25) is 0 Å². The fourth-order valence-corrected chi connectivity index (χ4v) is 3.61. The zero-order valence-corrected chi connectivity index (χ0v) is 16.6. The molecular weight excluding hydrogens is 490 g/mol. The van der Waals surface area contributed by atoms with Crippen molar-refractivity contribution in [2.24, 2.45) is 0 Å². The molecular formula is C15H8Cl3IN2OS. The summed E-state index contributed by atoms with van der Waals surface area (Å²) in [6.07, 6.45) is 0. The average Bonchev–Trinajstić information content (AvgIpc) is 2.91. The summed E-state index contributed by atoms with van der Waals surface area (Å²) in [5.74, 6) is -0.703. The number of hydrogen-bond acceptors (Lipinski definition) is 3. The van der Waals surface area contributed by atoms with Crippen LogP contribution in [0.25, 0.3) is 20.8 Å². The summed E-state index contributed by atoms with van der Waals surface area (Å²) in [7, 11) is 0. The van der Waals surface area contributed by atoms with Crippen molar-refractivity contribution < 1.29 is 4.79 Å². The summed E-state index contributed by atoms with van der Waals surface area (Å²) in [6.45, 7) is 0. The highest BCUT2D eigenvalue weighted by atomic mass is 127. The van der Waals surface area contributed by atoms with Gasteiger partial charge in [0.1, 0.15) is 5.01 Å². The van der Waals surface area contributed by atoms with Gasteiger partial charge in [0, 0.05) is 9.13 Å². The summed E-state index contributed by atoms with van der Waals surface area (Å²) in [4.78, 5) is 16.6. The first-order valence-electron chi connectivity index (χ1n) is 6.38. The first-order chi connectivity index (χ1) is 10.8. The monoisotopic (exact) mass is 496 g/mol. The van der Waals surface area contributed by atoms with Gasteiger partial charge in [-0.15, -0.1) is 11.3 Å². The van der Waals surface area contributed by atoms with E-state index in [1.807, 2.05) is 36.4 Å². The Morgan fingerprint density at radius 3 is 2.61 bits per heavy atom. The number of thiazole rings is 1. The van der Waals surface area contributed by atoms with Crippen molar-refractivity contribution in [3.8, 4) is 10.6 Å². The highest BCUT2D eigenvalue weighted by molar-refractivity contribution is 14.1. The lowest BCUT2D eigenvalue weighted by Gasteiger charge is -2.14. The minimum atomic E-state index is -2.02. The number of amides is 1. The second-order valence-electron chi connectivity index (χ2n) is 4.63. The van der Waals surface area contributed by atoms with Gasteiger partial charge in [0.25, 0.3) is 9.70 Å². The molecule has 118 valence electrons. The molecule has 3 aromatic rings. The van der Waals surface area contributed by atoms with E-state index in [-0.39, 0.29) is 0 Å². The number of halogens is 4. The Bertz CT molecular complexity index is 859. The molecule has 0 aliphatic carbocycles. The van der Waals surface area contributed by atoms with Crippen LogP contribution in [0.3, 0.4) is 0 Å². The van der Waals surface area contributed by atoms with Gasteiger partial charge in [0.15, 0.2) is 0 Å². The first kappa shape index (κ1) is 17.2. The molecule has 0 bridgehead atoms. The number of para-hydroxylation sites is 1. The van der Waals surface area contributed by atoms with E-state index in [0.29, 0.717) is 5.69 Å². The number of rotatable bonds is 2. The molecule has 0 spiro atoms. The minimum absolute atomic E-state index is 0.556. The summed E-state index contributed by atoms with van der Waals surface area (Å²) in [5.41, 5.74) is 2.26. The molecule has 3 rings (SSSR count). The third-order valence-corrected chi connectivity index (χ3v) is 5.27. The summed E-state index contributed by atoms with van der Waals surface area (Å²) < 4.78 is 0.0668. The second-order valence-corrected chi connectivity index (χ2v) is 9.19. The van der Waals surface area contributed by atoms with Gasteiger partial charge in [-0.2, -0.15) is 0 Å². The van der Waals surface area contributed by atoms with Crippen LogP contribution < -0.4 is 5.32 Å². The molecule has 0 saturated heterocycles. The molecule has 2 aromatic carbocycles. The van der Waals surface area contributed by atoms with Gasteiger partial charge in [-0.25, -0.2) is 4.98 Å². The normalized spacial score (nSPS) is 11.7. The maximum atomic E-state index is 11.9. The van der Waals surface area contributed by atoms with Gasteiger partial charge in [0.2, 0.25) is 0 Å². The van der Waals surface area contributed by atoms with Gasteiger partial charge in [-0.3, -0.25) is 4.79 Å². The summed E-state index contributed by atoms with van der Waals surface area (Å²) in [6, 6.07) is 13.4. The summed E-state index contributed by atoms with van der Waals surface area (Å²) in [5, 5.41) is 3.44. The van der Waals surface area contributed by atoms with Crippen LogP contribution >= 0.6 is 68.7 Å². The Morgan fingerprint density at radius 2 is 1.91 bits per heavy atom. The van der Waals surface area contributed by atoms with E-state index in [1.54, 1.807) is 17.4 Å². The van der Waals surface area contributed by atoms with Gasteiger partial charge in [0.05, 0.1) is 15.9 Å². The van der Waals surface area contributed by atoms with Gasteiger partial charge >= 0.3 is 0 Å². The SMILES string of the molecule is O=C(Nc1ccc(I)cc1-c1nc2ccccc2s1)C(Cl)(Cl)Cl. The number of hydrogen-bond donors (Lipinski definition) is 1. The number of carbonyl (C=O) groups excluding carboxylic acids is 1. The largest absolute Gasteiger partial charge is 0.322 e. The van der Waals surface area contributed by atoms with Crippen LogP contribution in [0, 0.1) is 3.57 Å². The maximum absolute atomic E-state index is 11.9. The lowest BCUT2D eigenvalue weighted by Crippen LogP contribution is -2.27. The number of carbonyl (C=O) groups is 1. The third-order valence-electron chi connectivity index (χ3n) is 3.01. The van der Waals surface area contributed by atoms with Crippen molar-refractivity contribution in [3.63, 3.8) is 0 Å². The molecule has 0 atom stereocenters. The average molecular weight is 498 g/mol. The van der Waals surface area contributed by atoms with E-state index in [0.717, 1.165) is 24.4 Å². The Morgan fingerprint density at radius 1 is 1.17 bits per heavy atom. The Balaban J connectivity index is 2.07. The van der Waals surface area contributed by atoms with Gasteiger partial charge < -0.3 is 5.32 Å². The molecule has 1 amide bonds. The van der Waals surface area contributed by atoms with Gasteiger partial charge in [-0.1, -0.05) is 46.9 Å². The smallest absolute Gasteiger partial charge is 0.276 e.